The second-order valence-electron chi connectivity index (χ2n) is 2.83. The highest BCUT2D eigenvalue weighted by atomic mass is 16.1. The first-order chi connectivity index (χ1) is 6.25. The van der Waals surface area contributed by atoms with Gasteiger partial charge in [-0.2, -0.15) is 5.10 Å². The Labute approximate surface area is 74.2 Å². The number of carbonyl (C=O) groups is 1. The zero-order valence-electron chi connectivity index (χ0n) is 7.11. The molecule has 0 spiro atoms. The van der Waals surface area contributed by atoms with Crippen molar-refractivity contribution < 1.29 is 4.79 Å². The maximum Gasteiger partial charge on any atom is 0.199 e. The number of carbonyl (C=O) groups excluding carboxylic acids is 1. The molecule has 5 nitrogen and oxygen atoms in total. The average Bonchev–Trinajstić information content (AvgIpc) is 2.44. The van der Waals surface area contributed by atoms with Crippen LogP contribution in [0, 0.1) is 0 Å². The van der Waals surface area contributed by atoms with Crippen LogP contribution in [0.1, 0.15) is 12.7 Å². The topological polar surface area (TPSA) is 71.5 Å². The van der Waals surface area contributed by atoms with E-state index in [4.69, 9.17) is 0 Å². The van der Waals surface area contributed by atoms with E-state index in [-0.39, 0.29) is 5.78 Å². The Bertz CT molecular complexity index is 415. The van der Waals surface area contributed by atoms with Gasteiger partial charge in [0.05, 0.1) is 18.1 Å². The first-order valence-corrected chi connectivity index (χ1v) is 3.91. The zero-order valence-corrected chi connectivity index (χ0v) is 7.11. The van der Waals surface area contributed by atoms with Gasteiger partial charge in [0.15, 0.2) is 5.65 Å². The van der Waals surface area contributed by atoms with Crippen molar-refractivity contribution in [3.05, 3.63) is 18.1 Å². The van der Waals surface area contributed by atoms with Crippen LogP contribution in [0.25, 0.3) is 11.2 Å². The van der Waals surface area contributed by atoms with E-state index in [9.17, 15) is 4.79 Å². The number of aromatic amines is 1. The molecule has 0 unspecified atom stereocenters. The number of fused-ring (bicyclic) bond motifs is 1. The summed E-state index contributed by atoms with van der Waals surface area (Å²) in [5, 5.41) is 7.49. The molecule has 13 heavy (non-hydrogen) atoms. The predicted octanol–water partition coefficient (Wildman–Crippen LogP) is 0.484. The molecule has 2 heterocycles. The fraction of sp³-hybridized carbons (Fsp3) is 0.250. The third-order valence-corrected chi connectivity index (χ3v) is 1.64. The van der Waals surface area contributed by atoms with Crippen LogP contribution in [0.3, 0.4) is 0 Å². The fourth-order valence-corrected chi connectivity index (χ4v) is 1.14. The largest absolute Gasteiger partial charge is 0.340 e. The molecule has 1 N–H and O–H groups in total. The van der Waals surface area contributed by atoms with Gasteiger partial charge in [-0.15, -0.1) is 5.10 Å². The molecule has 0 saturated heterocycles. The van der Waals surface area contributed by atoms with E-state index < -0.39 is 0 Å². The van der Waals surface area contributed by atoms with Crippen molar-refractivity contribution in [2.24, 2.45) is 0 Å². The molecule has 5 heteroatoms. The molecular formula is C8H8N4O. The lowest BCUT2D eigenvalue weighted by Gasteiger charge is -1.86. The van der Waals surface area contributed by atoms with Crippen molar-refractivity contribution in [3.63, 3.8) is 0 Å². The number of imidazole rings is 1. The zero-order chi connectivity index (χ0) is 9.26. The van der Waals surface area contributed by atoms with Crippen LogP contribution in [0.5, 0.6) is 0 Å². The number of nitrogens with zero attached hydrogens (tertiary/aromatic N) is 3. The van der Waals surface area contributed by atoms with Gasteiger partial charge in [0.25, 0.3) is 0 Å². The smallest absolute Gasteiger partial charge is 0.199 e. The molecule has 0 bridgehead atoms. The van der Waals surface area contributed by atoms with Gasteiger partial charge in [0.2, 0.25) is 0 Å². The fourth-order valence-electron chi connectivity index (χ4n) is 1.14. The van der Waals surface area contributed by atoms with Crippen molar-refractivity contribution in [2.75, 3.05) is 0 Å². The Morgan fingerprint density at radius 2 is 2.46 bits per heavy atom. The summed E-state index contributed by atoms with van der Waals surface area (Å²) in [6.07, 6.45) is 1.90. The molecule has 0 aliphatic heterocycles. The molecule has 2 rings (SSSR count). The molecule has 0 saturated carbocycles. The summed E-state index contributed by atoms with van der Waals surface area (Å²) in [5.41, 5.74) is 1.37. The average molecular weight is 176 g/mol. The summed E-state index contributed by atoms with van der Waals surface area (Å²) in [7, 11) is 0. The number of ketones is 1. The maximum atomic E-state index is 10.8. The Hall–Kier alpha value is -1.78. The number of hydrogen-bond acceptors (Lipinski definition) is 4. The minimum atomic E-state index is 0.0759. The highest BCUT2D eigenvalue weighted by molar-refractivity contribution is 5.78. The number of aromatic nitrogens is 4. The summed E-state index contributed by atoms with van der Waals surface area (Å²) >= 11 is 0. The van der Waals surface area contributed by atoms with Gasteiger partial charge in [-0.05, 0) is 13.0 Å². The SMILES string of the molecule is CC(=O)Cc1nc2nnccc2[nH]1. The molecular weight excluding hydrogens is 168 g/mol. The lowest BCUT2D eigenvalue weighted by atomic mass is 10.3. The highest BCUT2D eigenvalue weighted by Gasteiger charge is 2.04. The van der Waals surface area contributed by atoms with E-state index in [1.54, 1.807) is 12.3 Å². The minimum Gasteiger partial charge on any atom is -0.340 e. The van der Waals surface area contributed by atoms with Crippen LogP contribution in [0.15, 0.2) is 12.3 Å². The minimum absolute atomic E-state index is 0.0759. The highest BCUT2D eigenvalue weighted by Crippen LogP contribution is 2.06. The molecule has 0 fully saturated rings. The Balaban J connectivity index is 2.44. The molecule has 0 aliphatic carbocycles. The van der Waals surface area contributed by atoms with Gasteiger partial charge in [-0.1, -0.05) is 0 Å². The van der Waals surface area contributed by atoms with Crippen molar-refractivity contribution in [3.8, 4) is 0 Å². The van der Waals surface area contributed by atoms with Crippen LogP contribution in [0.2, 0.25) is 0 Å². The first kappa shape index (κ1) is 7.85. The molecule has 0 atom stereocenters. The van der Waals surface area contributed by atoms with Gasteiger partial charge in [-0.25, -0.2) is 4.98 Å². The lowest BCUT2D eigenvalue weighted by molar-refractivity contribution is -0.116. The second kappa shape index (κ2) is 2.93. The molecule has 66 valence electrons. The van der Waals surface area contributed by atoms with Crippen LogP contribution in [-0.4, -0.2) is 25.9 Å². The first-order valence-electron chi connectivity index (χ1n) is 3.91. The third-order valence-electron chi connectivity index (χ3n) is 1.64. The van der Waals surface area contributed by atoms with Gasteiger partial charge >= 0.3 is 0 Å². The van der Waals surface area contributed by atoms with Crippen molar-refractivity contribution in [1.29, 1.82) is 0 Å². The molecule has 2 aromatic rings. The van der Waals surface area contributed by atoms with Gasteiger partial charge < -0.3 is 4.98 Å². The normalized spacial score (nSPS) is 10.5. The van der Waals surface area contributed by atoms with Crippen LogP contribution in [0.4, 0.5) is 0 Å². The number of H-pyrrole nitrogens is 1. The molecule has 2 aromatic heterocycles. The van der Waals surface area contributed by atoms with Gasteiger partial charge in [-0.3, -0.25) is 4.79 Å². The Morgan fingerprint density at radius 3 is 3.15 bits per heavy atom. The molecule has 0 radical (unpaired) electrons. The number of hydrogen-bond donors (Lipinski definition) is 1. The summed E-state index contributed by atoms with van der Waals surface area (Å²) in [5.74, 6) is 0.718. The Kier molecular flexibility index (Phi) is 1.77. The predicted molar refractivity (Wildman–Crippen MR) is 46.1 cm³/mol. The maximum absolute atomic E-state index is 10.8. The summed E-state index contributed by atoms with van der Waals surface area (Å²) in [6, 6.07) is 1.78. The Morgan fingerprint density at radius 1 is 1.62 bits per heavy atom. The van der Waals surface area contributed by atoms with E-state index in [0.717, 1.165) is 5.52 Å². The quantitative estimate of drug-likeness (QED) is 0.722. The number of nitrogens with one attached hydrogen (secondary N) is 1. The van der Waals surface area contributed by atoms with Crippen LogP contribution < -0.4 is 0 Å². The van der Waals surface area contributed by atoms with Crippen molar-refractivity contribution in [1.82, 2.24) is 20.2 Å². The van der Waals surface area contributed by atoms with Crippen LogP contribution in [-0.2, 0) is 11.2 Å². The standard InChI is InChI=1S/C8H8N4O/c1-5(13)4-7-10-6-2-3-9-12-8(6)11-7/h2-3H,4H2,1H3,(H,10,11,12). The van der Waals surface area contributed by atoms with Crippen LogP contribution >= 0.6 is 0 Å². The van der Waals surface area contributed by atoms with E-state index in [0.29, 0.717) is 17.9 Å². The van der Waals surface area contributed by atoms with Gasteiger partial charge in [0.1, 0.15) is 11.6 Å². The van der Waals surface area contributed by atoms with Crippen molar-refractivity contribution >= 4 is 16.9 Å². The molecule has 0 aromatic carbocycles. The van der Waals surface area contributed by atoms with Crippen molar-refractivity contribution in [2.45, 2.75) is 13.3 Å². The summed E-state index contributed by atoms with van der Waals surface area (Å²) in [4.78, 5) is 17.9. The van der Waals surface area contributed by atoms with Gasteiger partial charge in [0, 0.05) is 0 Å². The monoisotopic (exact) mass is 176 g/mol. The molecule has 0 aliphatic rings. The lowest BCUT2D eigenvalue weighted by Crippen LogP contribution is -1.97. The van der Waals surface area contributed by atoms with E-state index in [2.05, 4.69) is 20.2 Å². The number of Topliss-reactive ketones (excluding diaryl/α,β-unsaturated/α-hetero) is 1. The summed E-state index contributed by atoms with van der Waals surface area (Å²) < 4.78 is 0. The van der Waals surface area contributed by atoms with E-state index >= 15 is 0 Å². The summed E-state index contributed by atoms with van der Waals surface area (Å²) in [6.45, 7) is 1.53. The number of rotatable bonds is 2. The second-order valence-corrected chi connectivity index (χ2v) is 2.83. The molecule has 0 amide bonds. The van der Waals surface area contributed by atoms with E-state index in [1.807, 2.05) is 0 Å². The third kappa shape index (κ3) is 1.53. The van der Waals surface area contributed by atoms with E-state index in [1.165, 1.54) is 6.92 Å².